The van der Waals surface area contributed by atoms with Crippen molar-refractivity contribution in [1.29, 1.82) is 0 Å². The van der Waals surface area contributed by atoms with Gasteiger partial charge in [-0.15, -0.1) is 0 Å². The number of rotatable bonds is 4. The van der Waals surface area contributed by atoms with Crippen LogP contribution >= 0.6 is 0 Å². The second kappa shape index (κ2) is 4.94. The van der Waals surface area contributed by atoms with Crippen molar-refractivity contribution in [2.24, 2.45) is 0 Å². The molecule has 0 aliphatic heterocycles. The third-order valence-corrected chi connectivity index (χ3v) is 2.98. The van der Waals surface area contributed by atoms with Gasteiger partial charge in [-0.05, 0) is 39.2 Å². The van der Waals surface area contributed by atoms with Crippen molar-refractivity contribution in [2.75, 3.05) is 0 Å². The van der Waals surface area contributed by atoms with Gasteiger partial charge in [-0.3, -0.25) is 0 Å². The fourth-order valence-corrected chi connectivity index (χ4v) is 1.02. The van der Waals surface area contributed by atoms with E-state index in [2.05, 4.69) is 0 Å². The smallest absolute Gasteiger partial charge is 0.334 e. The highest BCUT2D eigenvalue weighted by atomic mass is 19.2. The van der Waals surface area contributed by atoms with Crippen LogP contribution in [0.25, 0.3) is 0 Å². The monoisotopic (exact) mass is 259 g/mol. The Balaban J connectivity index is 2.88. The van der Waals surface area contributed by atoms with Crippen LogP contribution in [0.2, 0.25) is 0 Å². The summed E-state index contributed by atoms with van der Waals surface area (Å²) in [7, 11) is 0.902. The van der Waals surface area contributed by atoms with Crippen LogP contribution in [0.15, 0.2) is 12.1 Å². The molecule has 0 aliphatic carbocycles. The van der Waals surface area contributed by atoms with Crippen molar-refractivity contribution in [3.05, 3.63) is 29.6 Å². The minimum atomic E-state index is -1.29. The standard InChI is InChI=1S/C12H15BF3O2/c1-11(2,17)12(3,4)18-13-8-5-7(14)6-9(15)10(8)16/h5-6,17H,1-4H3. The van der Waals surface area contributed by atoms with Gasteiger partial charge in [-0.25, -0.2) is 13.2 Å². The number of hydrogen-bond donors (Lipinski definition) is 1. The first kappa shape index (κ1) is 15.1. The van der Waals surface area contributed by atoms with Crippen LogP contribution in [0.3, 0.4) is 0 Å². The first-order chi connectivity index (χ1) is 8.04. The molecule has 0 saturated carbocycles. The summed E-state index contributed by atoms with van der Waals surface area (Å²) in [5, 5.41) is 9.82. The van der Waals surface area contributed by atoms with Gasteiger partial charge in [-0.2, -0.15) is 0 Å². The van der Waals surface area contributed by atoms with Gasteiger partial charge in [0.05, 0.1) is 11.2 Å². The lowest BCUT2D eigenvalue weighted by molar-refractivity contribution is -0.0893. The van der Waals surface area contributed by atoms with E-state index in [1.54, 1.807) is 13.8 Å². The Hall–Kier alpha value is -1.01. The molecule has 0 fully saturated rings. The molecule has 18 heavy (non-hydrogen) atoms. The van der Waals surface area contributed by atoms with Crippen molar-refractivity contribution in [1.82, 2.24) is 0 Å². The molecule has 0 amide bonds. The maximum atomic E-state index is 13.3. The van der Waals surface area contributed by atoms with Crippen LogP contribution in [-0.4, -0.2) is 23.8 Å². The van der Waals surface area contributed by atoms with Crippen molar-refractivity contribution in [3.8, 4) is 0 Å². The summed E-state index contributed by atoms with van der Waals surface area (Å²) in [6, 6.07) is 1.27. The highest BCUT2D eigenvalue weighted by molar-refractivity contribution is 6.47. The zero-order valence-corrected chi connectivity index (χ0v) is 10.7. The molecule has 2 nitrogen and oxygen atoms in total. The molecule has 1 rings (SSSR count). The SMILES string of the molecule is CC(C)(O)C(C)(C)O[B]c1cc(F)cc(F)c1F. The molecule has 99 valence electrons. The Bertz CT molecular complexity index is 442. The van der Waals surface area contributed by atoms with E-state index in [-0.39, 0.29) is 5.46 Å². The molecule has 0 bridgehead atoms. The molecule has 6 heteroatoms. The summed E-state index contributed by atoms with van der Waals surface area (Å²) < 4.78 is 44.4. The van der Waals surface area contributed by atoms with Crippen molar-refractivity contribution in [2.45, 2.75) is 38.9 Å². The molecule has 0 heterocycles. The third-order valence-electron chi connectivity index (χ3n) is 2.98. The summed E-state index contributed by atoms with van der Waals surface area (Å²) in [5.74, 6) is -3.38. The van der Waals surface area contributed by atoms with Gasteiger partial charge in [0.1, 0.15) is 5.82 Å². The summed E-state index contributed by atoms with van der Waals surface area (Å²) in [6.07, 6.45) is 0. The largest absolute Gasteiger partial charge is 0.427 e. The Kier molecular flexibility index (Phi) is 4.13. The summed E-state index contributed by atoms with van der Waals surface area (Å²) in [5.41, 5.74) is -2.58. The van der Waals surface area contributed by atoms with E-state index in [0.717, 1.165) is 13.5 Å². The molecule has 1 aromatic carbocycles. The fraction of sp³-hybridized carbons (Fsp3) is 0.500. The van der Waals surface area contributed by atoms with Crippen molar-refractivity contribution >= 4 is 12.9 Å². The topological polar surface area (TPSA) is 29.5 Å². The molecule has 1 aromatic rings. The maximum absolute atomic E-state index is 13.3. The van der Waals surface area contributed by atoms with Crippen LogP contribution < -0.4 is 5.46 Å². The highest BCUT2D eigenvalue weighted by Crippen LogP contribution is 2.24. The average molecular weight is 259 g/mol. The third kappa shape index (κ3) is 3.26. The second-order valence-electron chi connectivity index (χ2n) is 5.10. The van der Waals surface area contributed by atoms with Gasteiger partial charge in [0.25, 0.3) is 0 Å². The molecule has 1 N–H and O–H groups in total. The lowest BCUT2D eigenvalue weighted by Gasteiger charge is -2.37. The zero-order valence-electron chi connectivity index (χ0n) is 10.7. The van der Waals surface area contributed by atoms with Gasteiger partial charge in [0.15, 0.2) is 11.6 Å². The molecule has 0 aliphatic rings. The first-order valence-electron chi connectivity index (χ1n) is 5.42. The molecule has 0 spiro atoms. The van der Waals surface area contributed by atoms with E-state index >= 15 is 0 Å². The van der Waals surface area contributed by atoms with Crippen LogP contribution in [0.1, 0.15) is 27.7 Å². The lowest BCUT2D eigenvalue weighted by Crippen LogP contribution is -2.49. The second-order valence-corrected chi connectivity index (χ2v) is 5.10. The lowest BCUT2D eigenvalue weighted by atomic mass is 9.82. The molecule has 0 atom stereocenters. The number of hydrogen-bond acceptors (Lipinski definition) is 2. The number of benzene rings is 1. The van der Waals surface area contributed by atoms with E-state index < -0.39 is 28.7 Å². The van der Waals surface area contributed by atoms with Crippen LogP contribution in [0, 0.1) is 17.5 Å². The van der Waals surface area contributed by atoms with E-state index in [4.69, 9.17) is 4.65 Å². The summed E-state index contributed by atoms with van der Waals surface area (Å²) >= 11 is 0. The molecule has 0 unspecified atom stereocenters. The highest BCUT2D eigenvalue weighted by Gasteiger charge is 2.36. The van der Waals surface area contributed by atoms with E-state index in [1.807, 2.05) is 0 Å². The van der Waals surface area contributed by atoms with Crippen molar-refractivity contribution < 1.29 is 22.9 Å². The minimum Gasteiger partial charge on any atom is -0.427 e. The Morgan fingerprint density at radius 2 is 1.67 bits per heavy atom. The van der Waals surface area contributed by atoms with Crippen LogP contribution in [0.4, 0.5) is 13.2 Å². The first-order valence-corrected chi connectivity index (χ1v) is 5.42. The van der Waals surface area contributed by atoms with Gasteiger partial charge >= 0.3 is 7.48 Å². The van der Waals surface area contributed by atoms with E-state index in [0.29, 0.717) is 6.07 Å². The average Bonchev–Trinajstić information content (AvgIpc) is 2.19. The van der Waals surface area contributed by atoms with Gasteiger partial charge in [0, 0.05) is 6.07 Å². The predicted molar refractivity (Wildman–Crippen MR) is 63.2 cm³/mol. The number of aliphatic hydroxyl groups is 1. The molecule has 0 aromatic heterocycles. The number of halogens is 3. The fourth-order valence-electron chi connectivity index (χ4n) is 1.02. The zero-order chi connectivity index (χ0) is 14.1. The van der Waals surface area contributed by atoms with Gasteiger partial charge < -0.3 is 9.76 Å². The van der Waals surface area contributed by atoms with Crippen LogP contribution in [0.5, 0.6) is 0 Å². The van der Waals surface area contributed by atoms with E-state index in [1.165, 1.54) is 13.8 Å². The summed E-state index contributed by atoms with van der Waals surface area (Å²) in [6.45, 7) is 6.20. The molecule has 0 saturated heterocycles. The minimum absolute atomic E-state index is 0.343. The van der Waals surface area contributed by atoms with Gasteiger partial charge in [-0.1, -0.05) is 0 Å². The summed E-state index contributed by atoms with van der Waals surface area (Å²) in [4.78, 5) is 0. The molecular formula is C12H15BF3O2. The molecular weight excluding hydrogens is 244 g/mol. The Labute approximate surface area is 105 Å². The predicted octanol–water partition coefficient (Wildman–Crippen LogP) is 1.91. The van der Waals surface area contributed by atoms with Crippen molar-refractivity contribution in [3.63, 3.8) is 0 Å². The molecule has 1 radical (unpaired) electrons. The van der Waals surface area contributed by atoms with E-state index in [9.17, 15) is 18.3 Å². The Morgan fingerprint density at radius 1 is 1.11 bits per heavy atom. The van der Waals surface area contributed by atoms with Crippen LogP contribution in [-0.2, 0) is 4.65 Å². The normalized spacial score (nSPS) is 12.7. The van der Waals surface area contributed by atoms with Gasteiger partial charge in [0.2, 0.25) is 0 Å². The maximum Gasteiger partial charge on any atom is 0.334 e. The Morgan fingerprint density at radius 3 is 2.17 bits per heavy atom. The quantitative estimate of drug-likeness (QED) is 0.661.